The number of carbonyl (C=O) groups is 1. The van der Waals surface area contributed by atoms with E-state index >= 15 is 0 Å². The molecule has 2 fully saturated rings. The highest BCUT2D eigenvalue weighted by Gasteiger charge is 2.41. The summed E-state index contributed by atoms with van der Waals surface area (Å²) in [6.45, 7) is 5.11. The fourth-order valence-electron chi connectivity index (χ4n) is 3.64. The number of ether oxygens (including phenoxy) is 1. The number of hydrogen-bond acceptors (Lipinski definition) is 5. The summed E-state index contributed by atoms with van der Waals surface area (Å²) in [5, 5.41) is 11.0. The van der Waals surface area contributed by atoms with Crippen LogP contribution in [-0.2, 0) is 9.53 Å². The average molecular weight is 351 g/mol. The fraction of sp³-hybridized carbons (Fsp3) is 0.611. The molecule has 2 aliphatic rings. The number of carbonyl (C=O) groups excluding carboxylic acids is 1. The fourth-order valence-corrected chi connectivity index (χ4v) is 3.64. The van der Waals surface area contributed by atoms with Crippen LogP contribution in [0.1, 0.15) is 19.8 Å². The predicted octanol–water partition coefficient (Wildman–Crippen LogP) is 0.733. The topological polar surface area (TPSA) is 79.0 Å². The molecule has 3 N–H and O–H groups in total. The van der Waals surface area contributed by atoms with Crippen molar-refractivity contribution >= 4 is 11.6 Å². The van der Waals surface area contributed by atoms with Crippen LogP contribution in [0.4, 0.5) is 10.1 Å². The summed E-state index contributed by atoms with van der Waals surface area (Å²) in [4.78, 5) is 15.8. The van der Waals surface area contributed by atoms with Crippen molar-refractivity contribution in [3.8, 4) is 0 Å². The quantitative estimate of drug-likeness (QED) is 0.836. The molecular formula is C18H26FN3O3. The predicted molar refractivity (Wildman–Crippen MR) is 92.8 cm³/mol. The molecule has 3 rings (SSSR count). The van der Waals surface area contributed by atoms with Gasteiger partial charge in [-0.3, -0.25) is 9.69 Å². The lowest BCUT2D eigenvalue weighted by atomic mass is 9.89. The molecule has 6 nitrogen and oxygen atoms in total. The first-order valence-corrected chi connectivity index (χ1v) is 8.69. The molecule has 1 amide bonds. The number of halogens is 1. The Hall–Kier alpha value is -1.70. The van der Waals surface area contributed by atoms with Crippen LogP contribution in [0, 0.1) is 5.82 Å². The minimum absolute atomic E-state index is 0.248. The molecule has 7 heteroatoms. The van der Waals surface area contributed by atoms with E-state index in [2.05, 4.69) is 9.80 Å². The highest BCUT2D eigenvalue weighted by atomic mass is 19.1. The molecule has 2 aliphatic heterocycles. The van der Waals surface area contributed by atoms with Gasteiger partial charge in [0.15, 0.2) is 5.60 Å². The Balaban J connectivity index is 1.57. The number of primary amides is 1. The van der Waals surface area contributed by atoms with Crippen LogP contribution in [0.2, 0.25) is 0 Å². The van der Waals surface area contributed by atoms with Crippen molar-refractivity contribution < 1.29 is 19.0 Å². The highest BCUT2D eigenvalue weighted by molar-refractivity contribution is 5.83. The van der Waals surface area contributed by atoms with Crippen LogP contribution < -0.4 is 10.6 Å². The lowest BCUT2D eigenvalue weighted by Crippen LogP contribution is -2.60. The Morgan fingerprint density at radius 2 is 1.92 bits per heavy atom. The molecule has 0 aliphatic carbocycles. The first-order valence-electron chi connectivity index (χ1n) is 8.69. The lowest BCUT2D eigenvalue weighted by molar-refractivity contribution is -0.157. The number of amides is 1. The van der Waals surface area contributed by atoms with E-state index < -0.39 is 17.1 Å². The molecule has 0 radical (unpaired) electrons. The van der Waals surface area contributed by atoms with E-state index in [0.717, 1.165) is 5.69 Å². The second kappa shape index (κ2) is 6.90. The van der Waals surface area contributed by atoms with Crippen LogP contribution in [-0.4, -0.2) is 66.4 Å². The maximum Gasteiger partial charge on any atom is 0.250 e. The molecule has 0 unspecified atom stereocenters. The number of benzene rings is 1. The summed E-state index contributed by atoms with van der Waals surface area (Å²) in [5.74, 6) is -0.725. The number of piperidine rings is 1. The normalized spacial score (nSPS) is 27.2. The lowest BCUT2D eigenvalue weighted by Gasteiger charge is -2.45. The third-order valence-corrected chi connectivity index (χ3v) is 5.28. The van der Waals surface area contributed by atoms with Gasteiger partial charge in [-0.25, -0.2) is 4.39 Å². The number of hydrogen-bond donors (Lipinski definition) is 2. The Labute approximate surface area is 147 Å². The van der Waals surface area contributed by atoms with E-state index in [4.69, 9.17) is 10.5 Å². The van der Waals surface area contributed by atoms with E-state index in [1.165, 1.54) is 12.1 Å². The largest absolute Gasteiger partial charge is 0.388 e. The molecule has 2 heterocycles. The number of morpholine rings is 1. The molecule has 1 aromatic carbocycles. The minimum Gasteiger partial charge on any atom is -0.388 e. The van der Waals surface area contributed by atoms with E-state index in [1.54, 1.807) is 19.1 Å². The molecule has 1 atom stereocenters. The summed E-state index contributed by atoms with van der Waals surface area (Å²) < 4.78 is 18.6. The Morgan fingerprint density at radius 3 is 2.52 bits per heavy atom. The third kappa shape index (κ3) is 4.11. The molecule has 1 aromatic rings. The molecule has 2 saturated heterocycles. The number of rotatable bonds is 4. The van der Waals surface area contributed by atoms with Gasteiger partial charge in [-0.15, -0.1) is 0 Å². The van der Waals surface area contributed by atoms with E-state index in [0.29, 0.717) is 52.2 Å². The van der Waals surface area contributed by atoms with Gasteiger partial charge in [-0.2, -0.15) is 0 Å². The van der Waals surface area contributed by atoms with Crippen molar-refractivity contribution in [2.75, 3.05) is 44.2 Å². The summed E-state index contributed by atoms with van der Waals surface area (Å²) in [5.41, 5.74) is 4.61. The Bertz CT molecular complexity index is 616. The molecular weight excluding hydrogens is 325 g/mol. The van der Waals surface area contributed by atoms with Crippen molar-refractivity contribution in [3.63, 3.8) is 0 Å². The van der Waals surface area contributed by atoms with Gasteiger partial charge in [0, 0.05) is 38.4 Å². The molecule has 0 spiro atoms. The SMILES string of the molecule is C[C@]1(C(N)=O)CN(CC2(O)CCN(c3ccc(F)cc3)CC2)CCO1. The third-order valence-electron chi connectivity index (χ3n) is 5.28. The Morgan fingerprint density at radius 1 is 1.28 bits per heavy atom. The summed E-state index contributed by atoms with van der Waals surface area (Å²) >= 11 is 0. The van der Waals surface area contributed by atoms with Gasteiger partial charge < -0.3 is 20.5 Å². The van der Waals surface area contributed by atoms with Crippen LogP contribution in [0.5, 0.6) is 0 Å². The second-order valence-electron chi connectivity index (χ2n) is 7.34. The molecule has 138 valence electrons. The van der Waals surface area contributed by atoms with Crippen LogP contribution >= 0.6 is 0 Å². The smallest absolute Gasteiger partial charge is 0.250 e. The van der Waals surface area contributed by atoms with E-state index in [9.17, 15) is 14.3 Å². The summed E-state index contributed by atoms with van der Waals surface area (Å²) in [6, 6.07) is 6.43. The zero-order valence-electron chi connectivity index (χ0n) is 14.6. The number of anilines is 1. The monoisotopic (exact) mass is 351 g/mol. The van der Waals surface area contributed by atoms with Crippen LogP contribution in [0.25, 0.3) is 0 Å². The van der Waals surface area contributed by atoms with Crippen LogP contribution in [0.15, 0.2) is 24.3 Å². The zero-order chi connectivity index (χ0) is 18.1. The number of nitrogens with two attached hydrogens (primary N) is 1. The first-order chi connectivity index (χ1) is 11.8. The van der Waals surface area contributed by atoms with Gasteiger partial charge in [0.25, 0.3) is 5.91 Å². The summed E-state index contributed by atoms with van der Waals surface area (Å²) in [6.07, 6.45) is 1.24. The van der Waals surface area contributed by atoms with Gasteiger partial charge >= 0.3 is 0 Å². The minimum atomic E-state index is -0.997. The molecule has 0 aromatic heterocycles. The van der Waals surface area contributed by atoms with E-state index in [-0.39, 0.29) is 5.82 Å². The Kier molecular flexibility index (Phi) is 4.99. The molecule has 0 bridgehead atoms. The maximum atomic E-state index is 13.0. The number of β-amino-alcohol motifs (C(OH)–C–C–N with tert-alkyl or cyclic N) is 1. The van der Waals surface area contributed by atoms with Gasteiger partial charge in [-0.05, 0) is 44.0 Å². The number of aliphatic hydroxyl groups is 1. The summed E-state index contributed by atoms with van der Waals surface area (Å²) in [7, 11) is 0. The zero-order valence-corrected chi connectivity index (χ0v) is 14.6. The van der Waals surface area contributed by atoms with Crippen molar-refractivity contribution in [1.29, 1.82) is 0 Å². The second-order valence-corrected chi connectivity index (χ2v) is 7.34. The van der Waals surface area contributed by atoms with Crippen molar-refractivity contribution in [2.24, 2.45) is 5.73 Å². The van der Waals surface area contributed by atoms with E-state index in [1.807, 2.05) is 0 Å². The maximum absolute atomic E-state index is 13.0. The molecule has 0 saturated carbocycles. The average Bonchev–Trinajstić information content (AvgIpc) is 2.56. The van der Waals surface area contributed by atoms with Gasteiger partial charge in [-0.1, -0.05) is 0 Å². The van der Waals surface area contributed by atoms with Gasteiger partial charge in [0.05, 0.1) is 12.2 Å². The van der Waals surface area contributed by atoms with Crippen molar-refractivity contribution in [3.05, 3.63) is 30.1 Å². The van der Waals surface area contributed by atoms with Gasteiger partial charge in [0.2, 0.25) is 0 Å². The van der Waals surface area contributed by atoms with Crippen molar-refractivity contribution in [1.82, 2.24) is 4.90 Å². The number of nitrogens with zero attached hydrogens (tertiary/aromatic N) is 2. The first kappa shape index (κ1) is 18.1. The molecule has 25 heavy (non-hydrogen) atoms. The van der Waals surface area contributed by atoms with Crippen LogP contribution in [0.3, 0.4) is 0 Å². The van der Waals surface area contributed by atoms with Gasteiger partial charge in [0.1, 0.15) is 5.82 Å². The standard InChI is InChI=1S/C18H26FN3O3/c1-17(16(20)23)12-21(10-11-25-17)13-18(24)6-8-22(9-7-18)15-4-2-14(19)3-5-15/h2-5,24H,6-13H2,1H3,(H2,20,23)/t17-/m1/s1. The van der Waals surface area contributed by atoms with Crippen molar-refractivity contribution in [2.45, 2.75) is 31.0 Å². The highest BCUT2D eigenvalue weighted by Crippen LogP contribution is 2.28.